The monoisotopic (exact) mass is 955 g/mol. The van der Waals surface area contributed by atoms with Crippen molar-refractivity contribution in [3.63, 3.8) is 0 Å². The first kappa shape index (κ1) is 49.2. The molecule has 9 rings (SSSR count). The summed E-state index contributed by atoms with van der Waals surface area (Å²) in [5, 5.41) is 18.8. The van der Waals surface area contributed by atoms with Gasteiger partial charge in [0.2, 0.25) is 0 Å². The molecule has 0 unspecified atom stereocenters. The van der Waals surface area contributed by atoms with Crippen LogP contribution in [0.2, 0.25) is 0 Å². The molecule has 7 aromatic rings. The van der Waals surface area contributed by atoms with Gasteiger partial charge in [0, 0.05) is 103 Å². The molecule has 0 bridgehead atoms. The Kier molecular flexibility index (Phi) is 16.4. The number of hydrogen-bond acceptors (Lipinski definition) is 15. The van der Waals surface area contributed by atoms with Crippen molar-refractivity contribution < 1.29 is 43.1 Å². The fourth-order valence-electron chi connectivity index (χ4n) is 8.63. The number of fused-ring (bicyclic) bond motifs is 3. The van der Waals surface area contributed by atoms with E-state index in [9.17, 15) is 14.7 Å². The summed E-state index contributed by atoms with van der Waals surface area (Å²) in [6.45, 7) is 11.7. The molecular weight excluding hydrogens is 895 g/mol. The lowest BCUT2D eigenvalue weighted by Crippen LogP contribution is -2.37. The van der Waals surface area contributed by atoms with Crippen molar-refractivity contribution in [1.29, 1.82) is 0 Å². The van der Waals surface area contributed by atoms with Gasteiger partial charge >= 0.3 is 0 Å². The Bertz CT molecular complexity index is 2930. The zero-order valence-corrected chi connectivity index (χ0v) is 39.8. The molecule has 4 aromatic carbocycles. The third kappa shape index (κ3) is 11.6. The number of carbonyl (C=O) groups is 2. The Hall–Kier alpha value is -7.22. The summed E-state index contributed by atoms with van der Waals surface area (Å²) >= 11 is 0. The van der Waals surface area contributed by atoms with E-state index in [0.717, 1.165) is 112 Å². The molecule has 0 radical (unpaired) electrons. The lowest BCUT2D eigenvalue weighted by atomic mass is 10.0. The number of aromatic nitrogens is 3. The lowest BCUT2D eigenvalue weighted by Gasteiger charge is -2.26. The molecule has 18 heteroatoms. The maximum atomic E-state index is 12.3. The summed E-state index contributed by atoms with van der Waals surface area (Å²) in [5.41, 5.74) is 18.6. The van der Waals surface area contributed by atoms with Crippen LogP contribution in [-0.4, -0.2) is 135 Å². The molecule has 2 fully saturated rings. The zero-order valence-electron chi connectivity index (χ0n) is 39.8. The summed E-state index contributed by atoms with van der Waals surface area (Å²) < 4.78 is 34.2. The van der Waals surface area contributed by atoms with Crippen LogP contribution in [0.1, 0.15) is 44.7 Å². The molecule has 368 valence electrons. The molecule has 2 aliphatic heterocycles. The fourth-order valence-corrected chi connectivity index (χ4v) is 8.63. The van der Waals surface area contributed by atoms with Gasteiger partial charge in [-0.3, -0.25) is 29.4 Å². The third-order valence-corrected chi connectivity index (χ3v) is 12.5. The van der Waals surface area contributed by atoms with E-state index in [1.807, 2.05) is 73.8 Å². The lowest BCUT2D eigenvalue weighted by molar-refractivity contribution is 0.0357. The average Bonchev–Trinajstić information content (AvgIpc) is 3.88. The summed E-state index contributed by atoms with van der Waals surface area (Å²) in [6, 6.07) is 20.8. The van der Waals surface area contributed by atoms with Gasteiger partial charge in [0.05, 0.1) is 94.0 Å². The van der Waals surface area contributed by atoms with Crippen molar-refractivity contribution in [3.05, 3.63) is 108 Å². The van der Waals surface area contributed by atoms with Crippen LogP contribution in [0.3, 0.4) is 0 Å². The van der Waals surface area contributed by atoms with Gasteiger partial charge in [0.1, 0.15) is 0 Å². The molecule has 0 aliphatic carbocycles. The Labute approximate surface area is 406 Å². The number of aromatic amines is 1. The van der Waals surface area contributed by atoms with Crippen molar-refractivity contribution in [2.45, 2.75) is 26.4 Å². The van der Waals surface area contributed by atoms with E-state index in [1.165, 1.54) is 12.4 Å². The Morgan fingerprint density at radius 3 is 1.69 bits per heavy atom. The topological polar surface area (TPSA) is 234 Å². The van der Waals surface area contributed by atoms with E-state index in [4.69, 9.17) is 39.9 Å². The van der Waals surface area contributed by atoms with Gasteiger partial charge in [-0.05, 0) is 67.3 Å². The van der Waals surface area contributed by atoms with Crippen molar-refractivity contribution in [2.75, 3.05) is 104 Å². The van der Waals surface area contributed by atoms with Crippen molar-refractivity contribution in [1.82, 2.24) is 24.8 Å². The fraction of sp³-hybridized carbons (Fsp3) is 0.346. The molecule has 5 heterocycles. The number of aliphatic hydroxyl groups excluding tert-OH is 1. The van der Waals surface area contributed by atoms with Crippen LogP contribution in [0.4, 0.5) is 22.7 Å². The summed E-state index contributed by atoms with van der Waals surface area (Å²) in [6.07, 6.45) is 6.61. The molecule has 0 saturated carbocycles. The number of nitrogens with zero attached hydrogens (tertiary/aromatic N) is 4. The number of morpholine rings is 2. The first-order valence-electron chi connectivity index (χ1n) is 23.4. The van der Waals surface area contributed by atoms with Gasteiger partial charge in [-0.15, -0.1) is 0 Å². The van der Waals surface area contributed by atoms with Gasteiger partial charge in [-0.1, -0.05) is 18.2 Å². The van der Waals surface area contributed by atoms with E-state index in [0.29, 0.717) is 75.0 Å². The molecule has 70 heavy (non-hydrogen) atoms. The van der Waals surface area contributed by atoms with Gasteiger partial charge < -0.3 is 60.6 Å². The number of pyridine rings is 2. The minimum Gasteiger partial charge on any atom is -0.493 e. The molecule has 2 amide bonds. The van der Waals surface area contributed by atoms with Crippen LogP contribution in [0, 0.1) is 6.92 Å². The van der Waals surface area contributed by atoms with Gasteiger partial charge in [0.15, 0.2) is 23.0 Å². The van der Waals surface area contributed by atoms with E-state index >= 15 is 0 Å². The number of ether oxygens (including phenoxy) is 6. The number of nitrogens with one attached hydrogen (secondary N) is 3. The number of carbonyl (C=O) groups excluding carboxylic acids is 2. The number of aliphatic hydroxyl groups is 1. The Morgan fingerprint density at radius 2 is 1.19 bits per heavy atom. The molecular formula is C52H61N9O9. The van der Waals surface area contributed by atoms with Crippen molar-refractivity contribution in [3.8, 4) is 23.0 Å². The smallest absolute Gasteiger partial charge is 0.252 e. The molecule has 0 atom stereocenters. The number of amides is 2. The largest absolute Gasteiger partial charge is 0.493 e. The van der Waals surface area contributed by atoms with Crippen LogP contribution in [0.15, 0.2) is 85.3 Å². The van der Waals surface area contributed by atoms with Crippen LogP contribution >= 0.6 is 0 Å². The predicted octanol–water partition coefficient (Wildman–Crippen LogP) is 6.66. The summed E-state index contributed by atoms with van der Waals surface area (Å²) in [7, 11) is 3.18. The van der Waals surface area contributed by atoms with E-state index in [1.54, 1.807) is 20.3 Å². The van der Waals surface area contributed by atoms with Crippen LogP contribution in [0.25, 0.3) is 32.7 Å². The minimum atomic E-state index is -0.597. The molecule has 8 N–H and O–H groups in total. The number of methoxy groups -OCH3 is 2. The standard InChI is InChI=1S/C26H29N5O4.C26H32N4O5/c1-33-23-14-18-22(15-24(23)35-11-3-8-31-9-12-34-13-10-31)29-16-19(26(27)32)25(18)30-21-5-2-4-20-17(21)6-7-28-20;1-17-18(16-31)5-3-6-21(17)29-25-19-13-23(33-2)24(14-22(19)28-15-20(25)26(27)32)35-10-4-7-30-8-11-34-12-9-30/h2,4-7,14-16,28H,3,8-13H2,1H3,(H2,27,32)(H,29,30);3,5-6,13-15,31H,4,7-12,16H2,1-2H3,(H2,27,32)(H,28,29). The highest BCUT2D eigenvalue weighted by atomic mass is 16.5. The minimum absolute atomic E-state index is 0.0822. The second-order valence-corrected chi connectivity index (χ2v) is 16.9. The highest BCUT2D eigenvalue weighted by Crippen LogP contribution is 2.40. The molecule has 2 saturated heterocycles. The SMILES string of the molecule is COc1cc2c(Nc3cccc(CO)c3C)c(C(N)=O)cnc2cc1OCCCN1CCOCC1.COc1cc2c(Nc3cccc4[nH]ccc34)c(C(N)=O)cnc2cc1OCCCN1CCOCC1. The second-order valence-electron chi connectivity index (χ2n) is 16.9. The highest BCUT2D eigenvalue weighted by Gasteiger charge is 2.21. The van der Waals surface area contributed by atoms with Crippen LogP contribution in [0.5, 0.6) is 23.0 Å². The third-order valence-electron chi connectivity index (χ3n) is 12.5. The van der Waals surface area contributed by atoms with Gasteiger partial charge in [0.25, 0.3) is 11.8 Å². The summed E-state index contributed by atoms with van der Waals surface area (Å²) in [5.74, 6) is 1.14. The normalized spacial score (nSPS) is 14.2. The first-order chi connectivity index (χ1) is 34.1. The number of primary amides is 2. The number of nitrogens with two attached hydrogens (primary N) is 2. The zero-order chi connectivity index (χ0) is 49.0. The molecule has 3 aromatic heterocycles. The maximum absolute atomic E-state index is 12.3. The highest BCUT2D eigenvalue weighted by molar-refractivity contribution is 6.10. The van der Waals surface area contributed by atoms with Gasteiger partial charge in [-0.2, -0.15) is 0 Å². The number of rotatable bonds is 19. The predicted molar refractivity (Wildman–Crippen MR) is 270 cm³/mol. The second kappa shape index (κ2) is 23.4. The quantitative estimate of drug-likeness (QED) is 0.0466. The molecule has 18 nitrogen and oxygen atoms in total. The molecule has 2 aliphatic rings. The van der Waals surface area contributed by atoms with E-state index < -0.39 is 11.8 Å². The Balaban J connectivity index is 0.000000188. The molecule has 0 spiro atoms. The van der Waals surface area contributed by atoms with Crippen molar-refractivity contribution in [2.24, 2.45) is 11.5 Å². The number of anilines is 4. The van der Waals surface area contributed by atoms with Crippen LogP contribution in [-0.2, 0) is 16.1 Å². The maximum Gasteiger partial charge on any atom is 0.252 e. The number of benzene rings is 4. The number of hydrogen-bond donors (Lipinski definition) is 6. The summed E-state index contributed by atoms with van der Waals surface area (Å²) in [4.78, 5) is 41.4. The first-order valence-corrected chi connectivity index (χ1v) is 23.4. The average molecular weight is 956 g/mol. The number of H-pyrrole nitrogens is 1. The van der Waals surface area contributed by atoms with Gasteiger partial charge in [-0.25, -0.2) is 0 Å². The van der Waals surface area contributed by atoms with Crippen molar-refractivity contribution >= 4 is 67.3 Å². The van der Waals surface area contributed by atoms with E-state index in [-0.39, 0.29) is 12.2 Å². The Morgan fingerprint density at radius 1 is 0.686 bits per heavy atom. The van der Waals surface area contributed by atoms with E-state index in [2.05, 4.69) is 35.4 Å². The van der Waals surface area contributed by atoms with Crippen LogP contribution < -0.4 is 41.0 Å².